The fraction of sp³-hybridized carbons (Fsp3) is 0.500. The van der Waals surface area contributed by atoms with Crippen LogP contribution in [0.2, 0.25) is 0 Å². The van der Waals surface area contributed by atoms with Crippen molar-refractivity contribution in [2.24, 2.45) is 0 Å². The number of thiazole rings is 1. The number of amides is 1. The number of rotatable bonds is 8. The zero-order valence-electron chi connectivity index (χ0n) is 22.5. The second-order valence-electron chi connectivity index (χ2n) is 10.3. The Morgan fingerprint density at radius 3 is 2.42 bits per heavy atom. The molecule has 0 spiro atoms. The van der Waals surface area contributed by atoms with Crippen molar-refractivity contribution in [1.82, 2.24) is 20.5 Å². The highest BCUT2D eigenvalue weighted by Gasteiger charge is 2.33. The van der Waals surface area contributed by atoms with Crippen molar-refractivity contribution in [3.05, 3.63) is 41.2 Å². The second-order valence-corrected chi connectivity index (χ2v) is 13.8. The number of carbonyl (C=O) groups excluding carboxylic acids is 1. The number of hydrogen-bond donors (Lipinski definition) is 3. The summed E-state index contributed by atoms with van der Waals surface area (Å²) in [6, 6.07) is 5.50. The Kier molecular flexibility index (Phi) is 8.78. The molecule has 1 amide bonds. The van der Waals surface area contributed by atoms with E-state index < -0.39 is 33.1 Å². The smallest absolute Gasteiger partial charge is 0.432 e. The van der Waals surface area contributed by atoms with Gasteiger partial charge in [0, 0.05) is 35.5 Å². The number of halogens is 3. The first kappa shape index (κ1) is 29.8. The number of sulfone groups is 1. The molecule has 218 valence electrons. The summed E-state index contributed by atoms with van der Waals surface area (Å²) >= 11 is 1.42. The Morgan fingerprint density at radius 2 is 1.82 bits per heavy atom. The summed E-state index contributed by atoms with van der Waals surface area (Å²) in [5.41, 5.74) is -0.248. The van der Waals surface area contributed by atoms with E-state index in [1.807, 2.05) is 5.10 Å². The van der Waals surface area contributed by atoms with Crippen LogP contribution >= 0.6 is 11.3 Å². The standard InChI is InChI=1S/C26H32F3N5O4S2/c1-14(2)38-25(35)32-17-7-5-16(6-8-17)24-30-13-20(39-24)19-10-9-18(11-21(19)40(36,37)15(3)4)31-23-12-22(33-34-23)26(27,28)29/h9-17H,5-8H2,1-4H3,(H,32,35)(H2,31,33,34). The molecule has 1 aromatic carbocycles. The topological polar surface area (TPSA) is 126 Å². The predicted octanol–water partition coefficient (Wildman–Crippen LogP) is 6.64. The molecule has 1 saturated carbocycles. The van der Waals surface area contributed by atoms with Crippen molar-refractivity contribution >= 4 is 38.8 Å². The lowest BCUT2D eigenvalue weighted by molar-refractivity contribution is -0.141. The van der Waals surface area contributed by atoms with Crippen LogP contribution < -0.4 is 10.6 Å². The summed E-state index contributed by atoms with van der Waals surface area (Å²) in [7, 11) is -3.75. The molecule has 14 heteroatoms. The lowest BCUT2D eigenvalue weighted by Gasteiger charge is -2.28. The minimum Gasteiger partial charge on any atom is -0.447 e. The van der Waals surface area contributed by atoms with Crippen molar-refractivity contribution in [2.75, 3.05) is 5.32 Å². The number of alkyl carbamates (subject to hydrolysis) is 1. The van der Waals surface area contributed by atoms with E-state index in [0.29, 0.717) is 10.4 Å². The lowest BCUT2D eigenvalue weighted by Crippen LogP contribution is -2.38. The van der Waals surface area contributed by atoms with Crippen LogP contribution in [0.25, 0.3) is 10.4 Å². The van der Waals surface area contributed by atoms with Gasteiger partial charge in [-0.05, 0) is 65.5 Å². The predicted molar refractivity (Wildman–Crippen MR) is 146 cm³/mol. The number of anilines is 2. The van der Waals surface area contributed by atoms with Gasteiger partial charge >= 0.3 is 12.3 Å². The highest BCUT2D eigenvalue weighted by molar-refractivity contribution is 7.92. The van der Waals surface area contributed by atoms with Crippen LogP contribution in [0.1, 0.15) is 70.0 Å². The van der Waals surface area contributed by atoms with E-state index >= 15 is 0 Å². The van der Waals surface area contributed by atoms with Crippen LogP contribution in [0.4, 0.5) is 29.5 Å². The lowest BCUT2D eigenvalue weighted by atomic mass is 9.86. The van der Waals surface area contributed by atoms with Crippen LogP contribution in [0.5, 0.6) is 0 Å². The largest absolute Gasteiger partial charge is 0.447 e. The summed E-state index contributed by atoms with van der Waals surface area (Å²) < 4.78 is 70.6. The van der Waals surface area contributed by atoms with Gasteiger partial charge < -0.3 is 15.4 Å². The number of nitrogens with zero attached hydrogens (tertiary/aromatic N) is 2. The molecule has 0 bridgehead atoms. The van der Waals surface area contributed by atoms with Gasteiger partial charge in [0.15, 0.2) is 15.7 Å². The molecule has 0 radical (unpaired) electrons. The van der Waals surface area contributed by atoms with E-state index in [2.05, 4.69) is 20.7 Å². The minimum absolute atomic E-state index is 0.0338. The highest BCUT2D eigenvalue weighted by atomic mass is 32.2. The number of benzene rings is 1. The molecule has 1 fully saturated rings. The van der Waals surface area contributed by atoms with Crippen molar-refractivity contribution in [1.29, 1.82) is 0 Å². The van der Waals surface area contributed by atoms with Gasteiger partial charge in [-0.1, -0.05) is 6.07 Å². The number of ether oxygens (including phenoxy) is 1. The molecular formula is C26H32F3N5O4S2. The van der Waals surface area contributed by atoms with Crippen LogP contribution in [-0.4, -0.2) is 47.1 Å². The number of aromatic amines is 1. The first-order valence-electron chi connectivity index (χ1n) is 12.9. The Hall–Kier alpha value is -3.13. The van der Waals surface area contributed by atoms with Gasteiger partial charge in [0.1, 0.15) is 5.69 Å². The van der Waals surface area contributed by atoms with E-state index in [-0.39, 0.29) is 34.5 Å². The average molecular weight is 600 g/mol. The zero-order chi connectivity index (χ0) is 29.2. The molecule has 1 aliphatic rings. The molecule has 3 aromatic rings. The van der Waals surface area contributed by atoms with E-state index in [1.54, 1.807) is 46.0 Å². The molecule has 0 saturated heterocycles. The average Bonchev–Trinajstić information content (AvgIpc) is 3.54. The summed E-state index contributed by atoms with van der Waals surface area (Å²) in [6.45, 7) is 6.74. The first-order valence-corrected chi connectivity index (χ1v) is 15.3. The molecule has 2 aromatic heterocycles. The number of aromatic nitrogens is 3. The summed E-state index contributed by atoms with van der Waals surface area (Å²) in [6.07, 6.45) is -0.316. The molecule has 9 nitrogen and oxygen atoms in total. The highest BCUT2D eigenvalue weighted by Crippen LogP contribution is 2.41. The van der Waals surface area contributed by atoms with Crippen LogP contribution in [0.3, 0.4) is 0 Å². The number of H-pyrrole nitrogens is 1. The van der Waals surface area contributed by atoms with Crippen molar-refractivity contribution in [3.8, 4) is 10.4 Å². The Bertz CT molecular complexity index is 1440. The van der Waals surface area contributed by atoms with Gasteiger partial charge in [-0.2, -0.15) is 18.3 Å². The second kappa shape index (κ2) is 11.8. The third-order valence-electron chi connectivity index (χ3n) is 6.59. The summed E-state index contributed by atoms with van der Waals surface area (Å²) in [5, 5.41) is 11.4. The molecule has 4 rings (SSSR count). The molecule has 0 unspecified atom stereocenters. The van der Waals surface area contributed by atoms with Gasteiger partial charge in [0.2, 0.25) is 0 Å². The monoisotopic (exact) mass is 599 g/mol. The fourth-order valence-electron chi connectivity index (χ4n) is 4.47. The van der Waals surface area contributed by atoms with Crippen molar-refractivity contribution < 1.29 is 31.1 Å². The molecule has 2 heterocycles. The van der Waals surface area contributed by atoms with Crippen LogP contribution in [0, 0.1) is 0 Å². The summed E-state index contributed by atoms with van der Waals surface area (Å²) in [4.78, 5) is 17.3. The van der Waals surface area contributed by atoms with Gasteiger partial charge in [-0.25, -0.2) is 18.2 Å². The first-order chi connectivity index (χ1) is 18.7. The third kappa shape index (κ3) is 6.95. The maximum absolute atomic E-state index is 13.3. The quantitative estimate of drug-likeness (QED) is 0.265. The number of nitrogens with one attached hydrogen (secondary N) is 3. The normalized spacial score (nSPS) is 18.2. The van der Waals surface area contributed by atoms with E-state index in [1.165, 1.54) is 17.4 Å². The maximum Gasteiger partial charge on any atom is 0.432 e. The van der Waals surface area contributed by atoms with Gasteiger partial charge in [-0.3, -0.25) is 5.10 Å². The number of carbonyl (C=O) groups is 1. The Morgan fingerprint density at radius 1 is 1.12 bits per heavy atom. The molecule has 40 heavy (non-hydrogen) atoms. The van der Waals surface area contributed by atoms with Gasteiger partial charge in [0.05, 0.1) is 26.1 Å². The Balaban J connectivity index is 1.53. The van der Waals surface area contributed by atoms with Gasteiger partial charge in [0.25, 0.3) is 0 Å². The van der Waals surface area contributed by atoms with Crippen LogP contribution in [-0.2, 0) is 20.8 Å². The number of hydrogen-bond acceptors (Lipinski definition) is 8. The molecule has 0 atom stereocenters. The number of alkyl halides is 3. The zero-order valence-corrected chi connectivity index (χ0v) is 24.1. The fourth-order valence-corrected chi connectivity index (χ4v) is 6.95. The molecule has 3 N–H and O–H groups in total. The third-order valence-corrected chi connectivity index (χ3v) is 9.98. The maximum atomic E-state index is 13.3. The van der Waals surface area contributed by atoms with Crippen molar-refractivity contribution in [3.63, 3.8) is 0 Å². The van der Waals surface area contributed by atoms with E-state index in [0.717, 1.165) is 36.8 Å². The molecule has 0 aliphatic heterocycles. The van der Waals surface area contributed by atoms with Crippen LogP contribution in [0.15, 0.2) is 35.4 Å². The summed E-state index contributed by atoms with van der Waals surface area (Å²) in [5.74, 6) is 0.0992. The molecule has 1 aliphatic carbocycles. The van der Waals surface area contributed by atoms with E-state index in [9.17, 15) is 26.4 Å². The molecular weight excluding hydrogens is 567 g/mol. The van der Waals surface area contributed by atoms with E-state index in [4.69, 9.17) is 4.74 Å². The van der Waals surface area contributed by atoms with Crippen molar-refractivity contribution in [2.45, 2.75) is 87.8 Å². The SMILES string of the molecule is CC(C)OC(=O)NC1CCC(c2ncc(-c3ccc(Nc4cc(C(F)(F)F)[nH]n4)cc3S(=O)(=O)C(C)C)s2)CC1. The Labute approximate surface area is 234 Å². The minimum atomic E-state index is -4.58. The van der Waals surface area contributed by atoms with Gasteiger partial charge in [-0.15, -0.1) is 11.3 Å².